The van der Waals surface area contributed by atoms with Gasteiger partial charge < -0.3 is 37.9 Å². The molecule has 0 fully saturated rings. The zero-order valence-electron chi connectivity index (χ0n) is 48.5. The molecule has 0 bridgehead atoms. The lowest BCUT2D eigenvalue weighted by Gasteiger charge is -2.15. The van der Waals surface area contributed by atoms with Gasteiger partial charge in [0.25, 0.3) is 11.4 Å². The average molecular weight is 1190 g/mol. The normalized spacial score (nSPS) is 10.7. The lowest BCUT2D eigenvalue weighted by Crippen LogP contribution is -2.18. The Kier molecular flexibility index (Phi) is 24.2. The molecule has 0 N–H and O–H groups in total. The number of non-ortho nitro benzene ring substituents is 2. The van der Waals surface area contributed by atoms with Crippen molar-refractivity contribution < 1.29 is 76.5 Å². The van der Waals surface area contributed by atoms with Crippen molar-refractivity contribution in [3.05, 3.63) is 222 Å². The fourth-order valence-corrected chi connectivity index (χ4v) is 8.76. The van der Waals surface area contributed by atoms with Crippen LogP contribution < -0.4 is 28.4 Å². The molecule has 7 rings (SSSR count). The Morgan fingerprint density at radius 3 is 1.10 bits per heavy atom. The van der Waals surface area contributed by atoms with Crippen molar-refractivity contribution in [2.75, 3.05) is 13.2 Å². The van der Waals surface area contributed by atoms with E-state index in [4.69, 9.17) is 37.9 Å². The molecule has 0 unspecified atom stereocenters. The van der Waals surface area contributed by atoms with Crippen LogP contribution in [-0.2, 0) is 22.7 Å². The summed E-state index contributed by atoms with van der Waals surface area (Å²) in [7, 11) is 0. The van der Waals surface area contributed by atoms with Crippen LogP contribution in [0, 0.1) is 27.2 Å². The third-order valence-corrected chi connectivity index (χ3v) is 13.7. The van der Waals surface area contributed by atoms with Crippen LogP contribution in [0.4, 0.5) is 11.4 Å². The van der Waals surface area contributed by atoms with Gasteiger partial charge >= 0.3 is 35.8 Å². The minimum absolute atomic E-state index is 0.0471. The highest BCUT2D eigenvalue weighted by Gasteiger charge is 2.26. The van der Waals surface area contributed by atoms with E-state index in [-0.39, 0.29) is 86.5 Å². The Bertz CT molecular complexity index is 3300. The molecular weight excluding hydrogens is 1120 g/mol. The minimum atomic E-state index is -1.05. The molecule has 0 atom stereocenters. The van der Waals surface area contributed by atoms with Gasteiger partial charge in [0.2, 0.25) is 0 Å². The molecule has 7 aromatic rings. The number of hydrogen-bond donors (Lipinski definition) is 0. The van der Waals surface area contributed by atoms with Gasteiger partial charge in [-0.1, -0.05) is 84.1 Å². The van der Waals surface area contributed by atoms with Crippen molar-refractivity contribution in [3.63, 3.8) is 0 Å². The maximum Gasteiger partial charge on any atom is 0.343 e. The Morgan fingerprint density at radius 1 is 0.379 bits per heavy atom. The van der Waals surface area contributed by atoms with E-state index in [2.05, 4.69) is 13.8 Å². The van der Waals surface area contributed by atoms with Crippen molar-refractivity contribution in [1.82, 2.24) is 0 Å². The highest BCUT2D eigenvalue weighted by molar-refractivity contribution is 6.02. The molecule has 0 aliphatic carbocycles. The van der Waals surface area contributed by atoms with Crippen LogP contribution in [-0.4, -0.2) is 58.9 Å². The standard InChI is InChI=1S/C67H66N2O18/c1-4-6-8-10-12-14-39-80-52-31-23-48(24-32-52)62(70)84-54-35-37-60(58(41-54)64(72)82-43-46-19-27-50(28-20-46)68(76)77)86-66(74)56-17-16-18-57(45(56)3)67(75)87-61-38-36-55(42-59(61)65(73)83-44-47-21-29-51(30-22-47)69(78)79)85-63(71)49-25-33-53(34-26-49)81-40-15-13-11-9-7-5-2/h16-38,41-42H,4-15,39-40,43-44H2,1-3H3. The predicted molar refractivity (Wildman–Crippen MR) is 319 cm³/mol. The molecule has 452 valence electrons. The predicted octanol–water partition coefficient (Wildman–Crippen LogP) is 14.9. The van der Waals surface area contributed by atoms with Gasteiger partial charge in [0, 0.05) is 24.3 Å². The summed E-state index contributed by atoms with van der Waals surface area (Å²) in [5.74, 6) is -5.50. The molecule has 87 heavy (non-hydrogen) atoms. The number of nitro benzene ring substituents is 2. The number of benzene rings is 7. The van der Waals surface area contributed by atoms with Gasteiger partial charge in [-0.3, -0.25) is 20.2 Å². The highest BCUT2D eigenvalue weighted by Crippen LogP contribution is 2.31. The first-order valence-electron chi connectivity index (χ1n) is 28.6. The molecule has 0 heterocycles. The molecule has 0 saturated heterocycles. The molecule has 20 nitrogen and oxygen atoms in total. The number of esters is 6. The molecule has 0 aromatic heterocycles. The van der Waals surface area contributed by atoms with Crippen molar-refractivity contribution in [1.29, 1.82) is 0 Å². The van der Waals surface area contributed by atoms with Crippen LogP contribution >= 0.6 is 0 Å². The zero-order chi connectivity index (χ0) is 62.1. The van der Waals surface area contributed by atoms with E-state index in [0.717, 1.165) is 63.5 Å². The molecule has 0 radical (unpaired) electrons. The van der Waals surface area contributed by atoms with Gasteiger partial charge in [-0.05, 0) is 158 Å². The van der Waals surface area contributed by atoms with Gasteiger partial charge in [0.1, 0.15) is 58.8 Å². The summed E-state index contributed by atoms with van der Waals surface area (Å²) in [5.41, 5.74) is -0.231. The second-order valence-electron chi connectivity index (χ2n) is 20.1. The summed E-state index contributed by atoms with van der Waals surface area (Å²) in [4.78, 5) is 104. The second-order valence-corrected chi connectivity index (χ2v) is 20.1. The van der Waals surface area contributed by atoms with E-state index >= 15 is 0 Å². The number of rotatable bonds is 32. The molecule has 0 saturated carbocycles. The van der Waals surface area contributed by atoms with Crippen molar-refractivity contribution in [2.24, 2.45) is 0 Å². The lowest BCUT2D eigenvalue weighted by molar-refractivity contribution is -0.385. The summed E-state index contributed by atoms with van der Waals surface area (Å²) in [5, 5.41) is 22.5. The molecule has 0 aliphatic heterocycles. The van der Waals surface area contributed by atoms with Crippen LogP contribution in [0.15, 0.2) is 152 Å². The first kappa shape index (κ1) is 64.3. The highest BCUT2D eigenvalue weighted by atomic mass is 16.6. The molecule has 0 spiro atoms. The third-order valence-electron chi connectivity index (χ3n) is 13.7. The summed E-state index contributed by atoms with van der Waals surface area (Å²) in [6, 6.07) is 34.6. The van der Waals surface area contributed by atoms with Crippen LogP contribution in [0.2, 0.25) is 0 Å². The second kappa shape index (κ2) is 32.7. The molecule has 20 heteroatoms. The third kappa shape index (κ3) is 19.4. The van der Waals surface area contributed by atoms with E-state index in [0.29, 0.717) is 35.8 Å². The van der Waals surface area contributed by atoms with Gasteiger partial charge in [0.05, 0.1) is 45.3 Å². The summed E-state index contributed by atoms with van der Waals surface area (Å²) in [6.07, 6.45) is 13.2. The SMILES string of the molecule is CCCCCCCCOc1ccc(C(=O)Oc2ccc(OC(=O)c3cccc(C(=O)Oc4ccc(OC(=O)c5ccc(OCCCCCCCC)cc5)cc4C(=O)OCc4ccc([N+](=O)[O-])cc4)c3C)c(C(=O)OCc3ccc([N+](=O)[O-])cc3)c2)cc1. The van der Waals surface area contributed by atoms with Crippen LogP contribution in [0.5, 0.6) is 34.5 Å². The van der Waals surface area contributed by atoms with Gasteiger partial charge in [-0.25, -0.2) is 28.8 Å². The van der Waals surface area contributed by atoms with Crippen LogP contribution in [0.1, 0.15) is 170 Å². The smallest absolute Gasteiger partial charge is 0.343 e. The van der Waals surface area contributed by atoms with E-state index in [1.807, 2.05) is 0 Å². The maximum absolute atomic E-state index is 14.1. The van der Waals surface area contributed by atoms with Gasteiger partial charge in [0.15, 0.2) is 0 Å². The fourth-order valence-electron chi connectivity index (χ4n) is 8.76. The lowest BCUT2D eigenvalue weighted by atomic mass is 10.0. The van der Waals surface area contributed by atoms with Crippen LogP contribution in [0.25, 0.3) is 0 Å². The molecule has 0 amide bonds. The Morgan fingerprint density at radius 2 is 0.736 bits per heavy atom. The Hall–Kier alpha value is -10.2. The average Bonchev–Trinajstić information content (AvgIpc) is 3.30. The molecular formula is C67H66N2O18. The van der Waals surface area contributed by atoms with Gasteiger partial charge in [-0.15, -0.1) is 0 Å². The van der Waals surface area contributed by atoms with E-state index in [9.17, 15) is 49.0 Å². The number of unbranched alkanes of at least 4 members (excludes halogenated alkanes) is 10. The number of nitrogens with zero attached hydrogens (tertiary/aromatic N) is 2. The van der Waals surface area contributed by atoms with Crippen molar-refractivity contribution in [3.8, 4) is 34.5 Å². The Balaban J connectivity index is 1.07. The van der Waals surface area contributed by atoms with E-state index in [1.54, 1.807) is 24.3 Å². The summed E-state index contributed by atoms with van der Waals surface area (Å²) >= 11 is 0. The number of nitro groups is 2. The number of hydrogen-bond acceptors (Lipinski definition) is 18. The topological polar surface area (TPSA) is 263 Å². The number of carbonyl (C=O) groups excluding carboxylic acids is 6. The first-order valence-corrected chi connectivity index (χ1v) is 28.6. The van der Waals surface area contributed by atoms with Crippen molar-refractivity contribution in [2.45, 2.75) is 111 Å². The zero-order valence-corrected chi connectivity index (χ0v) is 48.5. The Labute approximate surface area is 502 Å². The van der Waals surface area contributed by atoms with Gasteiger partial charge in [-0.2, -0.15) is 0 Å². The maximum atomic E-state index is 14.1. The largest absolute Gasteiger partial charge is 0.494 e. The summed E-state index contributed by atoms with van der Waals surface area (Å²) < 4.78 is 45.6. The number of carbonyl (C=O) groups is 6. The van der Waals surface area contributed by atoms with E-state index in [1.165, 1.54) is 148 Å². The first-order chi connectivity index (χ1) is 42.1. The van der Waals surface area contributed by atoms with Crippen molar-refractivity contribution >= 4 is 47.2 Å². The minimum Gasteiger partial charge on any atom is -0.494 e. The summed E-state index contributed by atoms with van der Waals surface area (Å²) in [6.45, 7) is 6.09. The van der Waals surface area contributed by atoms with Crippen LogP contribution in [0.3, 0.4) is 0 Å². The number of ether oxygens (including phenoxy) is 8. The quantitative estimate of drug-likeness (QED) is 0.0125. The fraction of sp³-hybridized carbons (Fsp3) is 0.284. The monoisotopic (exact) mass is 1190 g/mol. The molecule has 0 aliphatic rings. The molecule has 7 aromatic carbocycles. The van der Waals surface area contributed by atoms with E-state index < -0.39 is 45.7 Å².